The van der Waals surface area contributed by atoms with Gasteiger partial charge >= 0.3 is 5.69 Å². The van der Waals surface area contributed by atoms with E-state index >= 15 is 0 Å². The Labute approximate surface area is 141 Å². The number of hydrogen-bond donors (Lipinski definition) is 2. The fourth-order valence-corrected chi connectivity index (χ4v) is 2.05. The number of carbonyl (C=O) groups is 1. The summed E-state index contributed by atoms with van der Waals surface area (Å²) in [6.45, 7) is 0. The van der Waals surface area contributed by atoms with E-state index in [0.717, 1.165) is 12.1 Å². The lowest BCUT2D eigenvalue weighted by molar-refractivity contribution is -0.385. The van der Waals surface area contributed by atoms with E-state index in [-0.39, 0.29) is 11.1 Å². The fraction of sp³-hybridized carbons (Fsp3) is 0. The Morgan fingerprint density at radius 2 is 2.08 bits per heavy atom. The van der Waals surface area contributed by atoms with E-state index in [9.17, 15) is 20.0 Å². The number of benzene rings is 2. The number of nitrogens with one attached hydrogen (secondary N) is 1. The molecular formula is C16H10ClN3O4. The highest BCUT2D eigenvalue weighted by Crippen LogP contribution is 2.27. The maximum Gasteiger partial charge on any atom is 0.311 e. The van der Waals surface area contributed by atoms with Gasteiger partial charge in [0.05, 0.1) is 4.92 Å². The van der Waals surface area contributed by atoms with Crippen LogP contribution in [-0.2, 0) is 4.79 Å². The molecule has 0 aromatic heterocycles. The number of aromatic hydroxyl groups is 1. The van der Waals surface area contributed by atoms with Gasteiger partial charge in [-0.2, -0.15) is 5.26 Å². The number of hydrogen-bond acceptors (Lipinski definition) is 5. The lowest BCUT2D eigenvalue weighted by Gasteiger charge is -2.05. The zero-order chi connectivity index (χ0) is 17.7. The fourth-order valence-electron chi connectivity index (χ4n) is 1.86. The highest BCUT2D eigenvalue weighted by molar-refractivity contribution is 6.31. The van der Waals surface area contributed by atoms with Gasteiger partial charge in [-0.3, -0.25) is 14.9 Å². The van der Waals surface area contributed by atoms with Gasteiger partial charge in [0.1, 0.15) is 11.6 Å². The first-order valence-electron chi connectivity index (χ1n) is 6.57. The van der Waals surface area contributed by atoms with Gasteiger partial charge in [0, 0.05) is 16.8 Å². The molecule has 0 spiro atoms. The van der Waals surface area contributed by atoms with Gasteiger partial charge in [0.25, 0.3) is 5.91 Å². The summed E-state index contributed by atoms with van der Waals surface area (Å²) in [6, 6.07) is 11.7. The van der Waals surface area contributed by atoms with E-state index < -0.39 is 22.3 Å². The Morgan fingerprint density at radius 1 is 1.33 bits per heavy atom. The molecule has 0 saturated heterocycles. The second kappa shape index (κ2) is 7.26. The molecule has 0 fully saturated rings. The Morgan fingerprint density at radius 3 is 2.71 bits per heavy atom. The highest BCUT2D eigenvalue weighted by Gasteiger charge is 2.15. The summed E-state index contributed by atoms with van der Waals surface area (Å²) >= 11 is 5.81. The Hall–Kier alpha value is -3.37. The molecule has 0 saturated carbocycles. The van der Waals surface area contributed by atoms with Crippen molar-refractivity contribution in [3.05, 3.63) is 68.7 Å². The molecule has 0 aliphatic heterocycles. The van der Waals surface area contributed by atoms with E-state index in [1.807, 2.05) is 0 Å². The van der Waals surface area contributed by atoms with Gasteiger partial charge in [-0.25, -0.2) is 0 Å². The van der Waals surface area contributed by atoms with Crippen LogP contribution in [-0.4, -0.2) is 15.9 Å². The maximum absolute atomic E-state index is 12.1. The lowest BCUT2D eigenvalue weighted by atomic mass is 10.1. The third-order valence-electron chi connectivity index (χ3n) is 2.95. The molecule has 0 atom stereocenters. The van der Waals surface area contributed by atoms with Gasteiger partial charge in [-0.05, 0) is 35.9 Å². The number of rotatable bonds is 4. The number of phenols is 1. The summed E-state index contributed by atoms with van der Waals surface area (Å²) in [7, 11) is 0. The summed E-state index contributed by atoms with van der Waals surface area (Å²) in [5, 5.41) is 32.3. The number of nitro groups is 1. The van der Waals surface area contributed by atoms with Gasteiger partial charge < -0.3 is 10.4 Å². The molecule has 0 aliphatic rings. The van der Waals surface area contributed by atoms with Crippen molar-refractivity contribution in [2.75, 3.05) is 5.32 Å². The van der Waals surface area contributed by atoms with Gasteiger partial charge in [0.15, 0.2) is 5.75 Å². The van der Waals surface area contributed by atoms with Crippen molar-refractivity contribution in [2.45, 2.75) is 0 Å². The monoisotopic (exact) mass is 343 g/mol. The van der Waals surface area contributed by atoms with Crippen molar-refractivity contribution in [1.82, 2.24) is 0 Å². The Balaban J connectivity index is 2.29. The average molecular weight is 344 g/mol. The van der Waals surface area contributed by atoms with Crippen LogP contribution in [0.15, 0.2) is 48.0 Å². The van der Waals surface area contributed by atoms with Crippen LogP contribution in [0.5, 0.6) is 5.75 Å². The minimum absolute atomic E-state index is 0.234. The number of carbonyl (C=O) groups excluding carboxylic acids is 1. The molecule has 1 amide bonds. The van der Waals surface area contributed by atoms with Crippen LogP contribution in [0.2, 0.25) is 5.02 Å². The highest BCUT2D eigenvalue weighted by atomic mass is 35.5. The van der Waals surface area contributed by atoms with E-state index in [1.54, 1.807) is 24.3 Å². The van der Waals surface area contributed by atoms with Crippen molar-refractivity contribution >= 4 is 35.0 Å². The number of phenolic OH excluding ortho intramolecular Hbond substituents is 1. The number of halogens is 1. The summed E-state index contributed by atoms with van der Waals surface area (Å²) in [4.78, 5) is 22.2. The van der Waals surface area contributed by atoms with Crippen molar-refractivity contribution < 1.29 is 14.8 Å². The Kier molecular flexibility index (Phi) is 5.14. The topological polar surface area (TPSA) is 116 Å². The van der Waals surface area contributed by atoms with Crippen LogP contribution < -0.4 is 5.32 Å². The first-order valence-corrected chi connectivity index (χ1v) is 6.94. The number of nitro benzene ring substituents is 1. The van der Waals surface area contributed by atoms with Crippen LogP contribution in [0.25, 0.3) is 6.08 Å². The van der Waals surface area contributed by atoms with Crippen LogP contribution >= 0.6 is 11.6 Å². The smallest absolute Gasteiger partial charge is 0.311 e. The molecule has 0 unspecified atom stereocenters. The normalized spacial score (nSPS) is 10.8. The van der Waals surface area contributed by atoms with E-state index in [1.165, 1.54) is 18.2 Å². The molecule has 2 aromatic carbocycles. The predicted octanol–water partition coefficient (Wildman–Crippen LogP) is 3.50. The largest absolute Gasteiger partial charge is 0.502 e. The molecule has 24 heavy (non-hydrogen) atoms. The summed E-state index contributed by atoms with van der Waals surface area (Å²) in [5.41, 5.74) is -0.131. The first kappa shape index (κ1) is 17.0. The first-order chi connectivity index (χ1) is 11.4. The number of nitrogens with zero attached hydrogens (tertiary/aromatic N) is 2. The van der Waals surface area contributed by atoms with Crippen molar-refractivity contribution in [1.29, 1.82) is 5.26 Å². The zero-order valence-electron chi connectivity index (χ0n) is 12.1. The second-order valence-corrected chi connectivity index (χ2v) is 5.08. The molecule has 7 nitrogen and oxygen atoms in total. The zero-order valence-corrected chi connectivity index (χ0v) is 12.8. The molecule has 0 bridgehead atoms. The van der Waals surface area contributed by atoms with Crippen molar-refractivity contribution in [3.63, 3.8) is 0 Å². The molecule has 0 radical (unpaired) electrons. The molecule has 2 aromatic rings. The summed E-state index contributed by atoms with van der Waals surface area (Å²) < 4.78 is 0. The number of nitriles is 1. The number of anilines is 1. The van der Waals surface area contributed by atoms with Crippen LogP contribution in [0, 0.1) is 21.4 Å². The van der Waals surface area contributed by atoms with Crippen LogP contribution in [0.1, 0.15) is 5.56 Å². The second-order valence-electron chi connectivity index (χ2n) is 4.64. The third kappa shape index (κ3) is 4.09. The molecule has 0 aliphatic carbocycles. The van der Waals surface area contributed by atoms with Gasteiger partial charge in [-0.1, -0.05) is 23.7 Å². The summed E-state index contributed by atoms with van der Waals surface area (Å²) in [6.07, 6.45) is 1.19. The quantitative estimate of drug-likeness (QED) is 0.381. The minimum atomic E-state index is -0.759. The van der Waals surface area contributed by atoms with Crippen LogP contribution in [0.3, 0.4) is 0 Å². The maximum atomic E-state index is 12.1. The van der Waals surface area contributed by atoms with E-state index in [2.05, 4.69) is 5.32 Å². The third-order valence-corrected chi connectivity index (χ3v) is 3.19. The van der Waals surface area contributed by atoms with Crippen LogP contribution in [0.4, 0.5) is 11.4 Å². The lowest BCUT2D eigenvalue weighted by Crippen LogP contribution is -2.13. The standard InChI is InChI=1S/C16H10ClN3O4/c17-12-2-1-3-13(8-12)19-16(22)11(9-18)6-10-4-5-15(21)14(7-10)20(23)24/h1-8,21H,(H,19,22)/b11-6+. The predicted molar refractivity (Wildman–Crippen MR) is 88.4 cm³/mol. The molecule has 8 heteroatoms. The molecule has 0 heterocycles. The molecular weight excluding hydrogens is 334 g/mol. The number of amides is 1. The van der Waals surface area contributed by atoms with Gasteiger partial charge in [0.2, 0.25) is 0 Å². The molecule has 2 N–H and O–H groups in total. The Bertz CT molecular complexity index is 887. The van der Waals surface area contributed by atoms with Crippen molar-refractivity contribution in [3.8, 4) is 11.8 Å². The average Bonchev–Trinajstić information content (AvgIpc) is 2.53. The van der Waals surface area contributed by atoms with Gasteiger partial charge in [-0.15, -0.1) is 0 Å². The summed E-state index contributed by atoms with van der Waals surface area (Å²) in [5.74, 6) is -1.19. The van der Waals surface area contributed by atoms with E-state index in [0.29, 0.717) is 10.7 Å². The molecule has 120 valence electrons. The molecule has 2 rings (SSSR count). The minimum Gasteiger partial charge on any atom is -0.502 e. The van der Waals surface area contributed by atoms with E-state index in [4.69, 9.17) is 16.9 Å². The SMILES string of the molecule is N#C/C(=C\c1ccc(O)c([N+](=O)[O-])c1)C(=O)Nc1cccc(Cl)c1. The van der Waals surface area contributed by atoms with Crippen molar-refractivity contribution in [2.24, 2.45) is 0 Å².